The van der Waals surface area contributed by atoms with E-state index in [0.29, 0.717) is 16.5 Å². The van der Waals surface area contributed by atoms with Crippen molar-refractivity contribution in [3.8, 4) is 0 Å². The molecule has 1 aromatic heterocycles. The Hall–Kier alpha value is -0.550. The molecule has 0 bridgehead atoms. The number of nitrogens with zero attached hydrogens (tertiary/aromatic N) is 1. The third-order valence-electron chi connectivity index (χ3n) is 1.42. The van der Waals surface area contributed by atoms with Crippen molar-refractivity contribution in [3.63, 3.8) is 0 Å². The van der Waals surface area contributed by atoms with Crippen LogP contribution in [0.15, 0.2) is 4.21 Å². The lowest BCUT2D eigenvalue weighted by molar-refractivity contribution is 0.0516. The van der Waals surface area contributed by atoms with Crippen LogP contribution in [0.4, 0.5) is 0 Å². The molecule has 0 saturated carbocycles. The fraction of sp³-hybridized carbons (Fsp3) is 0.500. The van der Waals surface area contributed by atoms with Gasteiger partial charge in [0.2, 0.25) is 0 Å². The van der Waals surface area contributed by atoms with Gasteiger partial charge in [0.05, 0.1) is 15.8 Å². The quantitative estimate of drug-likeness (QED) is 0.623. The van der Waals surface area contributed by atoms with Gasteiger partial charge in [-0.05, 0) is 13.3 Å². The highest BCUT2D eigenvalue weighted by Gasteiger charge is 2.15. The minimum atomic E-state index is -0.386. The highest BCUT2D eigenvalue weighted by atomic mass is 32.2. The van der Waals surface area contributed by atoms with Crippen molar-refractivity contribution >= 4 is 29.9 Å². The maximum atomic E-state index is 11.3. The van der Waals surface area contributed by atoms with Crippen LogP contribution in [0.5, 0.6) is 0 Å². The van der Waals surface area contributed by atoms with Crippen LogP contribution in [-0.4, -0.2) is 17.6 Å². The summed E-state index contributed by atoms with van der Waals surface area (Å²) in [5, 5.41) is 0.910. The smallest absolute Gasteiger partial charge is 0.358 e. The van der Waals surface area contributed by atoms with Gasteiger partial charge in [-0.1, -0.05) is 6.92 Å². The van der Waals surface area contributed by atoms with E-state index in [1.54, 1.807) is 6.92 Å². The first-order chi connectivity index (χ1) is 6.19. The molecule has 72 valence electrons. The van der Waals surface area contributed by atoms with E-state index in [4.69, 9.17) is 4.74 Å². The van der Waals surface area contributed by atoms with Gasteiger partial charge in [0.1, 0.15) is 0 Å². The van der Waals surface area contributed by atoms with Gasteiger partial charge in [0.15, 0.2) is 5.69 Å². The molecule has 0 radical (unpaired) electrons. The van der Waals surface area contributed by atoms with E-state index in [2.05, 4.69) is 17.6 Å². The van der Waals surface area contributed by atoms with Gasteiger partial charge < -0.3 is 4.74 Å². The molecule has 0 spiro atoms. The average Bonchev–Trinajstić information content (AvgIpc) is 2.47. The van der Waals surface area contributed by atoms with Crippen LogP contribution >= 0.6 is 24.0 Å². The van der Waals surface area contributed by atoms with Crippen LogP contribution in [0, 0.1) is 0 Å². The molecule has 0 aromatic carbocycles. The first-order valence-electron chi connectivity index (χ1n) is 4.04. The maximum absolute atomic E-state index is 11.3. The lowest BCUT2D eigenvalue weighted by Crippen LogP contribution is -2.05. The largest absolute Gasteiger partial charge is 0.461 e. The molecule has 0 aliphatic heterocycles. The Morgan fingerprint density at radius 1 is 1.62 bits per heavy atom. The fourth-order valence-corrected chi connectivity index (χ4v) is 2.03. The van der Waals surface area contributed by atoms with Crippen molar-refractivity contribution in [2.45, 2.75) is 24.5 Å². The molecule has 3 nitrogen and oxygen atoms in total. The Labute approximate surface area is 86.5 Å². The highest BCUT2D eigenvalue weighted by Crippen LogP contribution is 2.23. The first-order valence-corrected chi connectivity index (χ1v) is 5.31. The van der Waals surface area contributed by atoms with E-state index in [0.717, 1.165) is 11.4 Å². The zero-order valence-corrected chi connectivity index (χ0v) is 9.24. The molecule has 0 fully saturated rings. The van der Waals surface area contributed by atoms with Gasteiger partial charge in [-0.3, -0.25) is 0 Å². The SMILES string of the molecule is CCOC(=O)c1nc(CC)sc1S. The number of ether oxygens (including phenoxy) is 1. The third kappa shape index (κ3) is 2.45. The van der Waals surface area contributed by atoms with E-state index in [1.807, 2.05) is 6.92 Å². The number of rotatable bonds is 3. The predicted molar refractivity (Wildman–Crippen MR) is 54.7 cm³/mol. The van der Waals surface area contributed by atoms with Gasteiger partial charge in [-0.25, -0.2) is 9.78 Å². The zero-order chi connectivity index (χ0) is 9.84. The molecule has 5 heteroatoms. The Morgan fingerprint density at radius 2 is 2.31 bits per heavy atom. The summed E-state index contributed by atoms with van der Waals surface area (Å²) >= 11 is 5.58. The number of esters is 1. The summed E-state index contributed by atoms with van der Waals surface area (Å²) in [6.07, 6.45) is 0.817. The third-order valence-corrected chi connectivity index (χ3v) is 2.91. The molecule has 0 N–H and O–H groups in total. The summed E-state index contributed by atoms with van der Waals surface area (Å²) in [5.41, 5.74) is 0.340. The molecule has 1 rings (SSSR count). The normalized spacial score (nSPS) is 10.1. The minimum Gasteiger partial charge on any atom is -0.461 e. The highest BCUT2D eigenvalue weighted by molar-refractivity contribution is 7.83. The second-order valence-corrected chi connectivity index (χ2v) is 4.17. The molecule has 0 aliphatic carbocycles. The fourth-order valence-electron chi connectivity index (χ4n) is 0.839. The summed E-state index contributed by atoms with van der Waals surface area (Å²) in [6.45, 7) is 4.12. The van der Waals surface area contributed by atoms with Crippen LogP contribution in [0.25, 0.3) is 0 Å². The topological polar surface area (TPSA) is 39.2 Å². The van der Waals surface area contributed by atoms with E-state index in [1.165, 1.54) is 11.3 Å². The van der Waals surface area contributed by atoms with E-state index >= 15 is 0 Å². The van der Waals surface area contributed by atoms with E-state index in [-0.39, 0.29) is 5.97 Å². The molecule has 1 heterocycles. The number of hydrogen-bond acceptors (Lipinski definition) is 5. The second-order valence-electron chi connectivity index (χ2n) is 2.34. The summed E-state index contributed by atoms with van der Waals surface area (Å²) in [7, 11) is 0. The number of hydrogen-bond donors (Lipinski definition) is 1. The Kier molecular flexibility index (Phi) is 3.74. The van der Waals surface area contributed by atoms with Crippen molar-refractivity contribution in [1.29, 1.82) is 0 Å². The Bertz CT molecular complexity index is 309. The van der Waals surface area contributed by atoms with Gasteiger partial charge in [-0.15, -0.1) is 24.0 Å². The van der Waals surface area contributed by atoms with Crippen LogP contribution < -0.4 is 0 Å². The van der Waals surface area contributed by atoms with Crippen LogP contribution in [0.3, 0.4) is 0 Å². The molecule has 0 amide bonds. The molecule has 0 atom stereocenters. The van der Waals surface area contributed by atoms with Crippen molar-refractivity contribution in [2.24, 2.45) is 0 Å². The zero-order valence-electron chi connectivity index (χ0n) is 7.53. The Morgan fingerprint density at radius 3 is 2.77 bits per heavy atom. The van der Waals surface area contributed by atoms with E-state index in [9.17, 15) is 4.79 Å². The molecular weight excluding hydrogens is 206 g/mol. The van der Waals surface area contributed by atoms with Gasteiger partial charge in [0.25, 0.3) is 0 Å². The number of thiazole rings is 1. The minimum absolute atomic E-state index is 0.340. The standard InChI is InChI=1S/C8H11NO2S2/c1-3-5-9-6(8(12)13-5)7(10)11-4-2/h12H,3-4H2,1-2H3. The predicted octanol–water partition coefficient (Wildman–Crippen LogP) is 2.17. The number of carbonyl (C=O) groups excluding carboxylic acids is 1. The molecule has 0 unspecified atom stereocenters. The van der Waals surface area contributed by atoms with Crippen molar-refractivity contribution < 1.29 is 9.53 Å². The van der Waals surface area contributed by atoms with Gasteiger partial charge >= 0.3 is 5.97 Å². The number of carbonyl (C=O) groups is 1. The van der Waals surface area contributed by atoms with Gasteiger partial charge in [0, 0.05) is 0 Å². The van der Waals surface area contributed by atoms with Crippen LogP contribution in [0.1, 0.15) is 29.3 Å². The molecular formula is C8H11NO2S2. The number of aromatic nitrogens is 1. The average molecular weight is 217 g/mol. The Balaban J connectivity index is 2.87. The summed E-state index contributed by atoms with van der Waals surface area (Å²) in [6, 6.07) is 0. The number of aryl methyl sites for hydroxylation is 1. The number of thiol groups is 1. The molecule has 0 aliphatic rings. The summed E-state index contributed by atoms with van der Waals surface area (Å²) in [5.74, 6) is -0.386. The van der Waals surface area contributed by atoms with Crippen LogP contribution in [-0.2, 0) is 11.2 Å². The molecule has 1 aromatic rings. The monoisotopic (exact) mass is 217 g/mol. The first kappa shape index (κ1) is 10.5. The van der Waals surface area contributed by atoms with Gasteiger partial charge in [-0.2, -0.15) is 0 Å². The molecule has 0 saturated heterocycles. The lowest BCUT2D eigenvalue weighted by Gasteiger charge is -1.97. The molecule has 13 heavy (non-hydrogen) atoms. The van der Waals surface area contributed by atoms with Crippen molar-refractivity contribution in [2.75, 3.05) is 6.61 Å². The maximum Gasteiger partial charge on any atom is 0.358 e. The second kappa shape index (κ2) is 4.62. The summed E-state index contributed by atoms with van der Waals surface area (Å²) in [4.78, 5) is 15.4. The lowest BCUT2D eigenvalue weighted by atomic mass is 10.5. The van der Waals surface area contributed by atoms with E-state index < -0.39 is 0 Å². The van der Waals surface area contributed by atoms with Crippen LogP contribution in [0.2, 0.25) is 0 Å². The van der Waals surface area contributed by atoms with Crippen molar-refractivity contribution in [1.82, 2.24) is 4.98 Å². The summed E-state index contributed by atoms with van der Waals surface area (Å²) < 4.78 is 5.46. The van der Waals surface area contributed by atoms with Crippen molar-refractivity contribution in [3.05, 3.63) is 10.7 Å².